The summed E-state index contributed by atoms with van der Waals surface area (Å²) in [5.74, 6) is -1.83. The van der Waals surface area contributed by atoms with E-state index in [0.29, 0.717) is 0 Å². The Balaban J connectivity index is 3.12. The molecule has 1 nitrogen and oxygen atoms in total. The predicted molar refractivity (Wildman–Crippen MR) is 50.1 cm³/mol. The lowest BCUT2D eigenvalue weighted by Gasteiger charge is -1.98. The lowest BCUT2D eigenvalue weighted by Crippen LogP contribution is -2.00. The molecular formula is C11H10F2O. The zero-order valence-corrected chi connectivity index (χ0v) is 7.97. The average molecular weight is 196 g/mol. The Morgan fingerprint density at radius 2 is 1.93 bits per heavy atom. The van der Waals surface area contributed by atoms with Crippen LogP contribution in [-0.2, 0) is 0 Å². The molecule has 0 saturated carbocycles. The lowest BCUT2D eigenvalue weighted by molar-refractivity contribution is 0.104. The third-order valence-corrected chi connectivity index (χ3v) is 1.61. The molecule has 0 radical (unpaired) electrons. The molecule has 0 fully saturated rings. The quantitative estimate of drug-likeness (QED) is 0.524. The minimum Gasteiger partial charge on any atom is -0.289 e. The number of rotatable bonds is 2. The first kappa shape index (κ1) is 10.6. The van der Waals surface area contributed by atoms with E-state index in [1.54, 1.807) is 13.8 Å². The molecular weight excluding hydrogens is 186 g/mol. The molecule has 0 spiro atoms. The molecule has 0 unspecified atom stereocenters. The maximum absolute atomic E-state index is 13.1. The molecule has 0 aliphatic carbocycles. The number of hydrogen-bond donors (Lipinski definition) is 0. The third kappa shape index (κ3) is 2.49. The highest BCUT2D eigenvalue weighted by Gasteiger charge is 2.09. The van der Waals surface area contributed by atoms with E-state index < -0.39 is 17.4 Å². The van der Waals surface area contributed by atoms with Crippen molar-refractivity contribution in [1.82, 2.24) is 0 Å². The van der Waals surface area contributed by atoms with Gasteiger partial charge in [-0.05, 0) is 38.1 Å². The number of allylic oxidation sites excluding steroid dienone is 2. The van der Waals surface area contributed by atoms with Crippen molar-refractivity contribution < 1.29 is 13.6 Å². The standard InChI is InChI=1S/C11H10F2O/c1-7(2)5-11(14)9-6-8(12)3-4-10(9)13/h3-6H,1-2H3. The Bertz CT molecular complexity index is 390. The van der Waals surface area contributed by atoms with Crippen LogP contribution in [-0.4, -0.2) is 5.78 Å². The summed E-state index contributed by atoms with van der Waals surface area (Å²) in [5.41, 5.74) is 0.518. The van der Waals surface area contributed by atoms with Crippen LogP contribution in [0.25, 0.3) is 0 Å². The Kier molecular flexibility index (Phi) is 3.12. The third-order valence-electron chi connectivity index (χ3n) is 1.61. The topological polar surface area (TPSA) is 17.1 Å². The number of hydrogen-bond acceptors (Lipinski definition) is 1. The van der Waals surface area contributed by atoms with Crippen LogP contribution in [0.15, 0.2) is 29.8 Å². The first-order chi connectivity index (χ1) is 6.50. The molecule has 0 bridgehead atoms. The summed E-state index contributed by atoms with van der Waals surface area (Å²) in [6, 6.07) is 2.83. The molecule has 1 aromatic rings. The van der Waals surface area contributed by atoms with Gasteiger partial charge in [0.2, 0.25) is 0 Å². The van der Waals surface area contributed by atoms with Gasteiger partial charge in [0.25, 0.3) is 0 Å². The van der Waals surface area contributed by atoms with E-state index >= 15 is 0 Å². The van der Waals surface area contributed by atoms with Gasteiger partial charge in [0.1, 0.15) is 11.6 Å². The van der Waals surface area contributed by atoms with Crippen LogP contribution in [0.2, 0.25) is 0 Å². The number of ketones is 1. The van der Waals surface area contributed by atoms with Gasteiger partial charge in [-0.3, -0.25) is 4.79 Å². The molecule has 0 heterocycles. The van der Waals surface area contributed by atoms with Crippen LogP contribution in [0.4, 0.5) is 8.78 Å². The van der Waals surface area contributed by atoms with E-state index in [9.17, 15) is 13.6 Å². The van der Waals surface area contributed by atoms with E-state index in [-0.39, 0.29) is 5.56 Å². The normalized spacial score (nSPS) is 9.71. The lowest BCUT2D eigenvalue weighted by atomic mass is 10.1. The van der Waals surface area contributed by atoms with Gasteiger partial charge in [-0.1, -0.05) is 5.57 Å². The number of carbonyl (C=O) groups excluding carboxylic acids is 1. The van der Waals surface area contributed by atoms with E-state index in [1.165, 1.54) is 6.08 Å². The minimum absolute atomic E-state index is 0.230. The van der Waals surface area contributed by atoms with Crippen LogP contribution in [0, 0.1) is 11.6 Å². The fourth-order valence-corrected chi connectivity index (χ4v) is 1.03. The van der Waals surface area contributed by atoms with Crippen LogP contribution in [0.1, 0.15) is 24.2 Å². The molecule has 0 aliphatic rings. The van der Waals surface area contributed by atoms with E-state index in [4.69, 9.17) is 0 Å². The van der Waals surface area contributed by atoms with Gasteiger partial charge in [0.15, 0.2) is 5.78 Å². The van der Waals surface area contributed by atoms with Crippen molar-refractivity contribution in [3.8, 4) is 0 Å². The van der Waals surface area contributed by atoms with Crippen molar-refractivity contribution in [3.05, 3.63) is 47.0 Å². The molecule has 0 aromatic heterocycles. The van der Waals surface area contributed by atoms with Crippen molar-refractivity contribution in [2.45, 2.75) is 13.8 Å². The van der Waals surface area contributed by atoms with Gasteiger partial charge >= 0.3 is 0 Å². The SMILES string of the molecule is CC(C)=CC(=O)c1cc(F)ccc1F. The maximum atomic E-state index is 13.1. The number of carbonyl (C=O) groups is 1. The summed E-state index contributed by atoms with van der Waals surface area (Å²) in [6.45, 7) is 3.43. The molecule has 14 heavy (non-hydrogen) atoms. The summed E-state index contributed by atoms with van der Waals surface area (Å²) in [4.78, 5) is 11.3. The molecule has 3 heteroatoms. The summed E-state index contributed by atoms with van der Waals surface area (Å²) >= 11 is 0. The summed E-state index contributed by atoms with van der Waals surface area (Å²) in [6.07, 6.45) is 1.28. The molecule has 0 aliphatic heterocycles. The highest BCUT2D eigenvalue weighted by Crippen LogP contribution is 2.11. The van der Waals surface area contributed by atoms with Gasteiger partial charge in [0.05, 0.1) is 5.56 Å². The van der Waals surface area contributed by atoms with Gasteiger partial charge in [0, 0.05) is 0 Å². The number of benzene rings is 1. The van der Waals surface area contributed by atoms with Gasteiger partial charge in [-0.25, -0.2) is 8.78 Å². The first-order valence-electron chi connectivity index (χ1n) is 4.15. The van der Waals surface area contributed by atoms with Crippen molar-refractivity contribution >= 4 is 5.78 Å². The minimum atomic E-state index is -0.700. The molecule has 0 amide bonds. The Labute approximate surface area is 81.1 Å². The van der Waals surface area contributed by atoms with Crippen molar-refractivity contribution in [2.24, 2.45) is 0 Å². The molecule has 1 aromatic carbocycles. The zero-order valence-electron chi connectivity index (χ0n) is 7.97. The molecule has 0 atom stereocenters. The van der Waals surface area contributed by atoms with Crippen LogP contribution in [0.3, 0.4) is 0 Å². The van der Waals surface area contributed by atoms with E-state index in [1.807, 2.05) is 0 Å². The molecule has 0 saturated heterocycles. The summed E-state index contributed by atoms with van der Waals surface area (Å²) in [7, 11) is 0. The Morgan fingerprint density at radius 1 is 1.29 bits per heavy atom. The van der Waals surface area contributed by atoms with Crippen molar-refractivity contribution in [3.63, 3.8) is 0 Å². The second kappa shape index (κ2) is 4.13. The maximum Gasteiger partial charge on any atom is 0.188 e. The predicted octanol–water partition coefficient (Wildman–Crippen LogP) is 3.11. The zero-order chi connectivity index (χ0) is 10.7. The second-order valence-electron chi connectivity index (χ2n) is 3.21. The first-order valence-corrected chi connectivity index (χ1v) is 4.15. The van der Waals surface area contributed by atoms with Crippen molar-refractivity contribution in [1.29, 1.82) is 0 Å². The van der Waals surface area contributed by atoms with E-state index in [0.717, 1.165) is 23.8 Å². The fraction of sp³-hybridized carbons (Fsp3) is 0.182. The fourth-order valence-electron chi connectivity index (χ4n) is 1.03. The smallest absolute Gasteiger partial charge is 0.188 e. The summed E-state index contributed by atoms with van der Waals surface area (Å²) in [5, 5.41) is 0. The second-order valence-corrected chi connectivity index (χ2v) is 3.21. The Morgan fingerprint density at radius 3 is 2.50 bits per heavy atom. The molecule has 74 valence electrons. The van der Waals surface area contributed by atoms with Crippen LogP contribution in [0.5, 0.6) is 0 Å². The number of halogens is 2. The van der Waals surface area contributed by atoms with Crippen LogP contribution >= 0.6 is 0 Å². The monoisotopic (exact) mass is 196 g/mol. The molecule has 0 N–H and O–H groups in total. The summed E-state index contributed by atoms with van der Waals surface area (Å²) < 4.78 is 25.8. The Hall–Kier alpha value is -1.51. The van der Waals surface area contributed by atoms with Crippen molar-refractivity contribution in [2.75, 3.05) is 0 Å². The largest absolute Gasteiger partial charge is 0.289 e. The van der Waals surface area contributed by atoms with Crippen LogP contribution < -0.4 is 0 Å². The molecule has 1 rings (SSSR count). The highest BCUT2D eigenvalue weighted by molar-refractivity contribution is 6.05. The highest BCUT2D eigenvalue weighted by atomic mass is 19.1. The van der Waals surface area contributed by atoms with Gasteiger partial charge in [-0.2, -0.15) is 0 Å². The average Bonchev–Trinajstić information content (AvgIpc) is 2.08. The van der Waals surface area contributed by atoms with Gasteiger partial charge in [-0.15, -0.1) is 0 Å². The van der Waals surface area contributed by atoms with E-state index in [2.05, 4.69) is 0 Å². The van der Waals surface area contributed by atoms with Gasteiger partial charge < -0.3 is 0 Å².